The minimum Gasteiger partial charge on any atom is -0.208 e. The summed E-state index contributed by atoms with van der Waals surface area (Å²) in [6.07, 6.45) is 2.05. The Labute approximate surface area is 394 Å². The average Bonchev–Trinajstić information content (AvgIpc) is 3.88. The molecule has 0 aliphatic heterocycles. The minimum absolute atomic E-state index is 0.337. The first-order valence-corrected chi connectivity index (χ1v) is 23.6. The lowest BCUT2D eigenvalue weighted by atomic mass is 9.56. The predicted octanol–water partition coefficient (Wildman–Crippen LogP) is 15.7. The van der Waals surface area contributed by atoms with E-state index < -0.39 is 23.6 Å². The van der Waals surface area contributed by atoms with Crippen molar-refractivity contribution >= 4 is 0 Å². The summed E-state index contributed by atoms with van der Waals surface area (Å²) in [5.74, 6) is 1.81. The average molecular weight is 854 g/mol. The molecule has 0 saturated heterocycles. The highest BCUT2D eigenvalue weighted by molar-refractivity contribution is 5.91. The molecule has 0 unspecified atom stereocenters. The number of hydrogen-bond donors (Lipinski definition) is 0. The Morgan fingerprint density at radius 2 is 0.742 bits per heavy atom. The number of rotatable bonds is 6. The first-order valence-electron chi connectivity index (χ1n) is 25.6. The highest BCUT2D eigenvalue weighted by atomic mass is 15.0. The summed E-state index contributed by atoms with van der Waals surface area (Å²) in [7, 11) is 0. The van der Waals surface area contributed by atoms with Crippen LogP contribution in [0.25, 0.3) is 67.5 Å². The number of benzene rings is 8. The maximum absolute atomic E-state index is 10.1. The van der Waals surface area contributed by atoms with Crippen molar-refractivity contribution in [2.24, 2.45) is 5.41 Å². The summed E-state index contributed by atoms with van der Waals surface area (Å²) >= 11 is 0. The molecule has 4 aliphatic carbocycles. The molecule has 0 bridgehead atoms. The van der Waals surface area contributed by atoms with Gasteiger partial charge in [0.15, 0.2) is 17.5 Å². The first kappa shape index (κ1) is 35.1. The second kappa shape index (κ2) is 15.5. The molecule has 3 heteroatoms. The summed E-state index contributed by atoms with van der Waals surface area (Å²) < 4.78 is 40.6. The van der Waals surface area contributed by atoms with Crippen LogP contribution in [0, 0.1) is 5.41 Å². The molecule has 1 heterocycles. The van der Waals surface area contributed by atoms with Gasteiger partial charge in [0, 0.05) is 27.6 Å². The molecule has 2 spiro atoms. The quantitative estimate of drug-likeness (QED) is 0.167. The summed E-state index contributed by atoms with van der Waals surface area (Å²) in [5.41, 5.74) is 12.3. The fraction of sp³-hybridized carbons (Fsp3) is 0.190. The van der Waals surface area contributed by atoms with Gasteiger partial charge in [-0.05, 0) is 129 Å². The van der Waals surface area contributed by atoms with Crippen LogP contribution in [0.2, 0.25) is 0 Å². The molecule has 8 aromatic carbocycles. The maximum Gasteiger partial charge on any atom is 0.164 e. The number of fused-ring (bicyclic) bond motifs is 8. The van der Waals surface area contributed by atoms with E-state index >= 15 is 0 Å². The van der Waals surface area contributed by atoms with Gasteiger partial charge in [-0.15, -0.1) is 0 Å². The molecule has 0 amide bonds. The molecule has 3 nitrogen and oxygen atoms in total. The van der Waals surface area contributed by atoms with Gasteiger partial charge in [0.05, 0.1) is 5.41 Å². The van der Waals surface area contributed by atoms with Crippen molar-refractivity contribution in [3.63, 3.8) is 0 Å². The Morgan fingerprint density at radius 3 is 1.29 bits per heavy atom. The van der Waals surface area contributed by atoms with Crippen molar-refractivity contribution in [3.8, 4) is 67.5 Å². The van der Waals surface area contributed by atoms with Gasteiger partial charge in [-0.25, -0.2) is 15.0 Å². The van der Waals surface area contributed by atoms with Crippen LogP contribution in [0.1, 0.15) is 96.6 Å². The summed E-state index contributed by atoms with van der Waals surface area (Å²) in [5, 5.41) is 0. The molecule has 2 fully saturated rings. The standard InChI is InChI=1S/C63H51N3/c1-6-18-43(19-7-1)58-64-59(44-20-8-2-9-21-44)66-60(65-58)47-30-33-53-52-32-29-46(41-56(52)63(57(53)42-47,48-22-10-3-11-23-48)49-24-12-4-13-25-49)45-28-31-51-50-26-14-15-27-54(50)62(55(51)40-45)38-36-61(37-39-62)34-16-5-17-35-61/h1-4,6-15,18-33,40-42H,5,16-17,34-39H2/i38D2,39D2. The van der Waals surface area contributed by atoms with Crippen LogP contribution in [0.3, 0.4) is 0 Å². The fourth-order valence-corrected chi connectivity index (χ4v) is 12.0. The van der Waals surface area contributed by atoms with Crippen LogP contribution < -0.4 is 0 Å². The number of hydrogen-bond acceptors (Lipinski definition) is 3. The zero-order chi connectivity index (χ0) is 47.3. The molecule has 0 radical (unpaired) electrons. The zero-order valence-corrected chi connectivity index (χ0v) is 36.8. The second-order valence-electron chi connectivity index (χ2n) is 18.9. The van der Waals surface area contributed by atoms with Crippen LogP contribution in [-0.2, 0) is 10.8 Å². The van der Waals surface area contributed by atoms with Crippen LogP contribution in [0.15, 0.2) is 200 Å². The minimum atomic E-state index is -1.83. The van der Waals surface area contributed by atoms with Gasteiger partial charge >= 0.3 is 0 Å². The van der Waals surface area contributed by atoms with E-state index in [1.54, 1.807) is 0 Å². The van der Waals surface area contributed by atoms with Crippen LogP contribution in [0.5, 0.6) is 0 Å². The number of nitrogens with zero attached hydrogens (tertiary/aromatic N) is 3. The van der Waals surface area contributed by atoms with E-state index in [9.17, 15) is 5.48 Å². The Kier molecular flexibility index (Phi) is 8.21. The van der Waals surface area contributed by atoms with E-state index in [1.807, 2.05) is 78.9 Å². The molecule has 318 valence electrons. The van der Waals surface area contributed by atoms with Crippen LogP contribution in [-0.4, -0.2) is 15.0 Å². The summed E-state index contributed by atoms with van der Waals surface area (Å²) in [6.45, 7) is 0. The van der Waals surface area contributed by atoms with Crippen molar-refractivity contribution < 1.29 is 5.48 Å². The lowest BCUT2D eigenvalue weighted by Crippen LogP contribution is -2.38. The second-order valence-corrected chi connectivity index (χ2v) is 18.9. The van der Waals surface area contributed by atoms with Gasteiger partial charge < -0.3 is 0 Å². The molecule has 1 aromatic heterocycles. The summed E-state index contributed by atoms with van der Waals surface area (Å²) in [4.78, 5) is 15.3. The van der Waals surface area contributed by atoms with Gasteiger partial charge in [0.25, 0.3) is 0 Å². The molecular formula is C63H51N3. The largest absolute Gasteiger partial charge is 0.208 e. The first-order chi connectivity index (χ1) is 34.1. The monoisotopic (exact) mass is 853 g/mol. The lowest BCUT2D eigenvalue weighted by Gasteiger charge is -2.48. The molecule has 66 heavy (non-hydrogen) atoms. The molecule has 4 aliphatic rings. The van der Waals surface area contributed by atoms with Crippen LogP contribution in [0.4, 0.5) is 0 Å². The third kappa shape index (κ3) is 6.05. The van der Waals surface area contributed by atoms with Gasteiger partial charge in [-0.1, -0.05) is 201 Å². The van der Waals surface area contributed by atoms with E-state index in [4.69, 9.17) is 15.0 Å². The Balaban J connectivity index is 1.01. The normalized spacial score (nSPS) is 19.3. The molecule has 2 saturated carbocycles. The third-order valence-corrected chi connectivity index (χ3v) is 15.3. The van der Waals surface area contributed by atoms with Crippen molar-refractivity contribution in [1.82, 2.24) is 15.0 Å². The topological polar surface area (TPSA) is 38.7 Å². The highest BCUT2D eigenvalue weighted by Gasteiger charge is 2.50. The van der Waals surface area contributed by atoms with Gasteiger partial charge in [0.2, 0.25) is 0 Å². The molecule has 9 aromatic rings. The van der Waals surface area contributed by atoms with Crippen molar-refractivity contribution in [3.05, 3.63) is 234 Å². The smallest absolute Gasteiger partial charge is 0.164 e. The fourth-order valence-electron chi connectivity index (χ4n) is 12.0. The Morgan fingerprint density at radius 1 is 0.333 bits per heavy atom. The SMILES string of the molecule is [2H]C1([2H])CC2(CCCCC2)CC([2H])([2H])C12c1ccccc1-c1ccc(-c3ccc4c(c3)C(c3ccccc3)(c3ccccc3)c3cc(-c5nc(-c6ccccc6)nc(-c6ccccc6)n5)ccc3-4)cc12. The molecular weight excluding hydrogens is 799 g/mol. The van der Waals surface area contributed by atoms with E-state index in [0.717, 1.165) is 116 Å². The van der Waals surface area contributed by atoms with Crippen LogP contribution >= 0.6 is 0 Å². The van der Waals surface area contributed by atoms with E-state index in [0.29, 0.717) is 30.3 Å². The van der Waals surface area contributed by atoms with E-state index in [-0.39, 0.29) is 5.41 Å². The number of aromatic nitrogens is 3. The Bertz CT molecular complexity index is 3360. The predicted molar refractivity (Wildman–Crippen MR) is 269 cm³/mol. The van der Waals surface area contributed by atoms with Gasteiger partial charge in [-0.2, -0.15) is 0 Å². The highest BCUT2D eigenvalue weighted by Crippen LogP contribution is 2.62. The maximum atomic E-state index is 10.1. The lowest BCUT2D eigenvalue weighted by molar-refractivity contribution is 0.0951. The van der Waals surface area contributed by atoms with E-state index in [1.165, 1.54) is 0 Å². The van der Waals surface area contributed by atoms with Crippen molar-refractivity contribution in [2.45, 2.75) is 68.5 Å². The molecule has 13 rings (SSSR count). The van der Waals surface area contributed by atoms with Crippen molar-refractivity contribution in [1.29, 1.82) is 0 Å². The van der Waals surface area contributed by atoms with Gasteiger partial charge in [0.1, 0.15) is 0 Å². The third-order valence-electron chi connectivity index (χ3n) is 15.3. The van der Waals surface area contributed by atoms with Gasteiger partial charge in [-0.3, -0.25) is 0 Å². The zero-order valence-electron chi connectivity index (χ0n) is 40.8. The molecule has 0 N–H and O–H groups in total. The summed E-state index contributed by atoms with van der Waals surface area (Å²) in [6, 6.07) is 69.7. The van der Waals surface area contributed by atoms with Crippen molar-refractivity contribution in [2.75, 3.05) is 0 Å². The molecule has 0 atom stereocenters. The van der Waals surface area contributed by atoms with E-state index in [2.05, 4.69) is 121 Å². The Hall–Kier alpha value is -7.23.